The Kier molecular flexibility index (Phi) is 4.93. The molecule has 0 saturated heterocycles. The Balaban J connectivity index is 0.000000317. The number of carbonyl (C=O) groups is 1. The standard InChI is InChI=1S/C9H5ClO2S.C3H9N/c10-7-5-3-1-2-4-6(5)13-8(7)9(11)12;1-3(2)4/h1-4H,(H,11,12);3H,4H2,1-2H3. The number of rotatable bonds is 1. The van der Waals surface area contributed by atoms with Gasteiger partial charge < -0.3 is 15.6 Å². The quantitative estimate of drug-likeness (QED) is 0.855. The number of hydrogen-bond acceptors (Lipinski definition) is 3. The van der Waals surface area contributed by atoms with Crippen LogP contribution in [-0.4, -0.2) is 12.0 Å². The van der Waals surface area contributed by atoms with Crippen LogP contribution >= 0.6 is 22.9 Å². The minimum absolute atomic E-state index is 0.0999. The number of fused-ring (bicyclic) bond motifs is 1. The Morgan fingerprint density at radius 3 is 2.41 bits per heavy atom. The summed E-state index contributed by atoms with van der Waals surface area (Å²) in [5, 5.41) is 11.7. The average molecular weight is 272 g/mol. The van der Waals surface area contributed by atoms with Gasteiger partial charge in [0.25, 0.3) is 0 Å². The fourth-order valence-electron chi connectivity index (χ4n) is 1.15. The van der Waals surface area contributed by atoms with E-state index >= 15 is 0 Å². The molecule has 0 fully saturated rings. The van der Waals surface area contributed by atoms with Gasteiger partial charge in [0, 0.05) is 10.1 Å². The van der Waals surface area contributed by atoms with Crippen LogP contribution in [0.1, 0.15) is 23.5 Å². The van der Waals surface area contributed by atoms with E-state index in [-0.39, 0.29) is 9.90 Å². The lowest BCUT2D eigenvalue weighted by Gasteiger charge is -1.95. The number of thiophene rings is 1. The first-order chi connectivity index (χ1) is 7.93. The van der Waals surface area contributed by atoms with Crippen LogP contribution in [0, 0.1) is 0 Å². The summed E-state index contributed by atoms with van der Waals surface area (Å²) in [6.45, 7) is 4.11. The molecule has 0 saturated carbocycles. The van der Waals surface area contributed by atoms with Gasteiger partial charge in [-0.05, 0) is 19.9 Å². The van der Waals surface area contributed by atoms with Gasteiger partial charge in [-0.3, -0.25) is 0 Å². The highest BCUT2D eigenvalue weighted by Gasteiger charge is 2.09. The van der Waals surface area contributed by atoms with Gasteiger partial charge in [-0.2, -0.15) is 0 Å². The summed E-state index contributed by atoms with van der Waals surface area (Å²) in [7, 11) is 0. The summed E-state index contributed by atoms with van der Waals surface area (Å²) in [6.07, 6.45) is 0. The van der Waals surface area contributed by atoms with E-state index in [9.17, 15) is 9.90 Å². The molecule has 0 atom stereocenters. The molecule has 3 nitrogen and oxygen atoms in total. The molecule has 5 heteroatoms. The normalized spacial score (nSPS) is 10.2. The maximum Gasteiger partial charge on any atom is 0.0830 e. The van der Waals surface area contributed by atoms with Crippen molar-refractivity contribution in [3.8, 4) is 0 Å². The van der Waals surface area contributed by atoms with Gasteiger partial charge in [0.1, 0.15) is 0 Å². The predicted molar refractivity (Wildman–Crippen MR) is 69.2 cm³/mol. The minimum atomic E-state index is -1.22. The van der Waals surface area contributed by atoms with Crippen molar-refractivity contribution in [1.82, 2.24) is 0 Å². The third-order valence-electron chi connectivity index (χ3n) is 1.72. The first kappa shape index (κ1) is 14.0. The first-order valence-corrected chi connectivity index (χ1v) is 6.34. The molecule has 0 amide bonds. The number of hydrogen-bond donors (Lipinski definition) is 1. The Labute approximate surface area is 109 Å². The highest BCUT2D eigenvalue weighted by molar-refractivity contribution is 7.21. The second-order valence-corrected chi connectivity index (χ2v) is 5.35. The summed E-state index contributed by atoms with van der Waals surface area (Å²) >= 11 is 6.98. The van der Waals surface area contributed by atoms with E-state index in [1.807, 2.05) is 18.2 Å². The van der Waals surface area contributed by atoms with Crippen molar-refractivity contribution in [3.05, 3.63) is 34.2 Å². The monoisotopic (exact) mass is 271 g/mol. The van der Waals surface area contributed by atoms with Crippen LogP contribution in [0.2, 0.25) is 5.02 Å². The Bertz CT molecular complexity index is 519. The van der Waals surface area contributed by atoms with E-state index in [1.165, 1.54) is 0 Å². The van der Waals surface area contributed by atoms with Crippen molar-refractivity contribution in [2.24, 2.45) is 0 Å². The van der Waals surface area contributed by atoms with Crippen LogP contribution in [-0.2, 0) is 0 Å². The summed E-state index contributed by atoms with van der Waals surface area (Å²) in [6, 6.07) is 7.87. The summed E-state index contributed by atoms with van der Waals surface area (Å²) in [4.78, 5) is 10.7. The maximum atomic E-state index is 10.6. The summed E-state index contributed by atoms with van der Waals surface area (Å²) < 4.78 is 0.867. The van der Waals surface area contributed by atoms with Crippen LogP contribution < -0.4 is 10.8 Å². The van der Waals surface area contributed by atoms with E-state index in [0.29, 0.717) is 6.04 Å². The number of quaternary nitrogens is 1. The molecule has 2 aromatic rings. The zero-order valence-corrected chi connectivity index (χ0v) is 11.3. The van der Waals surface area contributed by atoms with Gasteiger partial charge >= 0.3 is 0 Å². The lowest BCUT2D eigenvalue weighted by Crippen LogP contribution is -2.57. The molecule has 17 heavy (non-hydrogen) atoms. The minimum Gasteiger partial charge on any atom is -0.544 e. The number of carbonyl (C=O) groups excluding carboxylic acids is 1. The molecule has 0 aliphatic heterocycles. The van der Waals surface area contributed by atoms with Crippen molar-refractivity contribution in [1.29, 1.82) is 0 Å². The van der Waals surface area contributed by atoms with Crippen LogP contribution in [0.25, 0.3) is 10.1 Å². The van der Waals surface area contributed by atoms with Gasteiger partial charge in [-0.15, -0.1) is 11.3 Å². The third-order valence-corrected chi connectivity index (χ3v) is 3.38. The van der Waals surface area contributed by atoms with Gasteiger partial charge in [0.05, 0.1) is 21.9 Å². The molecule has 0 bridgehead atoms. The van der Waals surface area contributed by atoms with Crippen LogP contribution in [0.4, 0.5) is 0 Å². The number of halogens is 1. The fourth-order valence-corrected chi connectivity index (χ4v) is 2.49. The molecule has 1 aromatic heterocycles. The second-order valence-electron chi connectivity index (χ2n) is 3.92. The number of benzene rings is 1. The largest absolute Gasteiger partial charge is 0.544 e. The number of carboxylic acids is 1. The van der Waals surface area contributed by atoms with Crippen LogP contribution in [0.15, 0.2) is 24.3 Å². The van der Waals surface area contributed by atoms with Crippen molar-refractivity contribution >= 4 is 39.0 Å². The highest BCUT2D eigenvalue weighted by atomic mass is 35.5. The zero-order valence-electron chi connectivity index (χ0n) is 9.70. The fraction of sp³-hybridized carbons (Fsp3) is 0.250. The van der Waals surface area contributed by atoms with Crippen molar-refractivity contribution < 1.29 is 15.6 Å². The molecular formula is C12H14ClNO2S. The van der Waals surface area contributed by atoms with E-state index in [2.05, 4.69) is 19.6 Å². The lowest BCUT2D eigenvalue weighted by molar-refractivity contribution is -0.407. The highest BCUT2D eigenvalue weighted by Crippen LogP contribution is 2.34. The van der Waals surface area contributed by atoms with Gasteiger partial charge in [0.2, 0.25) is 0 Å². The maximum absolute atomic E-state index is 10.6. The summed E-state index contributed by atoms with van der Waals surface area (Å²) in [5.41, 5.74) is 3.64. The second kappa shape index (κ2) is 6.00. The summed E-state index contributed by atoms with van der Waals surface area (Å²) in [5.74, 6) is -1.22. The molecule has 2 rings (SSSR count). The number of aromatic carboxylic acids is 1. The SMILES string of the molecule is CC(C)[NH3+].O=C([O-])c1sc2ccccc2c1Cl. The van der Waals surface area contributed by atoms with Gasteiger partial charge in [0.15, 0.2) is 0 Å². The van der Waals surface area contributed by atoms with Crippen molar-refractivity contribution in [2.45, 2.75) is 19.9 Å². The molecule has 0 radical (unpaired) electrons. The van der Waals surface area contributed by atoms with Gasteiger partial charge in [-0.25, -0.2) is 0 Å². The molecule has 3 N–H and O–H groups in total. The molecule has 0 spiro atoms. The Morgan fingerprint density at radius 1 is 1.41 bits per heavy atom. The van der Waals surface area contributed by atoms with Gasteiger partial charge in [-0.1, -0.05) is 29.8 Å². The van der Waals surface area contributed by atoms with Crippen molar-refractivity contribution in [3.63, 3.8) is 0 Å². The van der Waals surface area contributed by atoms with E-state index in [1.54, 1.807) is 6.07 Å². The first-order valence-electron chi connectivity index (χ1n) is 5.15. The number of carboxylic acid groups (broad SMARTS) is 1. The molecule has 1 aromatic carbocycles. The molecule has 0 aliphatic rings. The molecule has 0 unspecified atom stereocenters. The molecule has 1 heterocycles. The lowest BCUT2D eigenvalue weighted by atomic mass is 10.2. The topological polar surface area (TPSA) is 67.8 Å². The smallest absolute Gasteiger partial charge is 0.0830 e. The Hall–Kier alpha value is -1.10. The molecule has 92 valence electrons. The zero-order chi connectivity index (χ0) is 13.0. The Morgan fingerprint density at radius 2 is 1.94 bits per heavy atom. The van der Waals surface area contributed by atoms with Crippen molar-refractivity contribution in [2.75, 3.05) is 0 Å². The van der Waals surface area contributed by atoms with E-state index in [4.69, 9.17) is 11.6 Å². The third kappa shape index (κ3) is 3.70. The van der Waals surface area contributed by atoms with Crippen LogP contribution in [0.3, 0.4) is 0 Å². The van der Waals surface area contributed by atoms with E-state index < -0.39 is 5.97 Å². The molecular weight excluding hydrogens is 258 g/mol. The van der Waals surface area contributed by atoms with Crippen LogP contribution in [0.5, 0.6) is 0 Å². The predicted octanol–water partition coefficient (Wildman–Crippen LogP) is 1.55. The average Bonchev–Trinajstić information content (AvgIpc) is 2.56. The van der Waals surface area contributed by atoms with E-state index in [0.717, 1.165) is 21.4 Å². The molecule has 0 aliphatic carbocycles.